The first kappa shape index (κ1) is 17.9. The van der Waals surface area contributed by atoms with E-state index in [1.165, 1.54) is 0 Å². The monoisotopic (exact) mass is 393 g/mol. The summed E-state index contributed by atoms with van der Waals surface area (Å²) in [6.07, 6.45) is 3.38. The second kappa shape index (κ2) is 7.00. The number of fused-ring (bicyclic) bond motifs is 3. The third-order valence-corrected chi connectivity index (χ3v) is 5.26. The number of carbonyl (C=O) groups excluding carboxylic acids is 1. The molecule has 0 radical (unpaired) electrons. The molecule has 29 heavy (non-hydrogen) atoms. The van der Waals surface area contributed by atoms with E-state index in [0.717, 1.165) is 42.4 Å². The third kappa shape index (κ3) is 3.17. The number of nitrogens with zero attached hydrogens (tertiary/aromatic N) is 6. The Bertz CT molecular complexity index is 1060. The van der Waals surface area contributed by atoms with E-state index < -0.39 is 0 Å². The Balaban J connectivity index is 1.54. The van der Waals surface area contributed by atoms with Crippen LogP contribution in [0.1, 0.15) is 42.4 Å². The van der Waals surface area contributed by atoms with Gasteiger partial charge in [0.15, 0.2) is 5.82 Å². The molecule has 2 aromatic heterocycles. The predicted octanol–water partition coefficient (Wildman–Crippen LogP) is 2.00. The molecular weight excluding hydrogens is 370 g/mol. The van der Waals surface area contributed by atoms with Gasteiger partial charge >= 0.3 is 0 Å². The normalized spacial score (nSPS) is 15.8. The molecule has 0 spiro atoms. The molecule has 0 aliphatic carbocycles. The van der Waals surface area contributed by atoms with Crippen LogP contribution in [0.15, 0.2) is 30.6 Å². The van der Waals surface area contributed by atoms with Crippen molar-refractivity contribution in [1.29, 1.82) is 0 Å². The van der Waals surface area contributed by atoms with Crippen LogP contribution in [0.4, 0.5) is 0 Å². The highest BCUT2D eigenvalue weighted by atomic mass is 16.5. The lowest BCUT2D eigenvalue weighted by atomic mass is 10.1. The van der Waals surface area contributed by atoms with Crippen LogP contribution in [-0.2, 0) is 6.42 Å². The molecule has 1 N–H and O–H groups in total. The van der Waals surface area contributed by atoms with E-state index in [0.29, 0.717) is 24.3 Å². The molecule has 150 valence electrons. The smallest absolute Gasteiger partial charge is 0.265 e. The summed E-state index contributed by atoms with van der Waals surface area (Å²) in [5.74, 6) is 1.32. The van der Waals surface area contributed by atoms with Crippen molar-refractivity contribution in [3.8, 4) is 23.0 Å². The molecule has 1 saturated heterocycles. The van der Waals surface area contributed by atoms with E-state index in [4.69, 9.17) is 9.84 Å². The van der Waals surface area contributed by atoms with E-state index in [-0.39, 0.29) is 11.9 Å². The molecular formula is C20H23N7O2. The van der Waals surface area contributed by atoms with Crippen LogP contribution in [0.25, 0.3) is 17.2 Å². The summed E-state index contributed by atoms with van der Waals surface area (Å²) in [5, 5.41) is 11.0. The van der Waals surface area contributed by atoms with Crippen molar-refractivity contribution in [3.63, 3.8) is 0 Å². The van der Waals surface area contributed by atoms with Gasteiger partial charge in [0.2, 0.25) is 0 Å². The first-order valence-electron chi connectivity index (χ1n) is 9.92. The van der Waals surface area contributed by atoms with Crippen molar-refractivity contribution < 1.29 is 9.53 Å². The molecule has 0 unspecified atom stereocenters. The Morgan fingerprint density at radius 3 is 2.86 bits per heavy atom. The highest BCUT2D eigenvalue weighted by molar-refractivity contribution is 5.94. The van der Waals surface area contributed by atoms with Crippen LogP contribution < -0.4 is 10.2 Å². The summed E-state index contributed by atoms with van der Waals surface area (Å²) in [6.45, 7) is 6.46. The molecule has 0 saturated carbocycles. The summed E-state index contributed by atoms with van der Waals surface area (Å²) >= 11 is 0. The average Bonchev–Trinajstić information content (AvgIpc) is 3.28. The Hall–Kier alpha value is -3.20. The third-order valence-electron chi connectivity index (χ3n) is 5.26. The quantitative estimate of drug-likeness (QED) is 0.729. The first-order valence-corrected chi connectivity index (χ1v) is 9.92. The number of carbonyl (C=O) groups is 1. The van der Waals surface area contributed by atoms with Gasteiger partial charge in [0.25, 0.3) is 5.91 Å². The summed E-state index contributed by atoms with van der Waals surface area (Å²) in [7, 11) is 0. The standard InChI is InChI=1S/C20H23N7O2/c1-13(2)26-19(21-12-22-26)16-11-15-6-9-29-18-5-4-14(10-17(18)27(15)23-16)20(28)24-25-7-3-8-25/h4-5,10-13H,3,6-9H2,1-2H3,(H,24,28). The van der Waals surface area contributed by atoms with Gasteiger partial charge in [0.1, 0.15) is 23.5 Å². The highest BCUT2D eigenvalue weighted by Crippen LogP contribution is 2.31. The van der Waals surface area contributed by atoms with E-state index in [1.54, 1.807) is 12.4 Å². The van der Waals surface area contributed by atoms with Gasteiger partial charge in [0.05, 0.1) is 6.61 Å². The van der Waals surface area contributed by atoms with Gasteiger partial charge in [-0.25, -0.2) is 19.4 Å². The fraction of sp³-hybridized carbons (Fsp3) is 0.400. The minimum absolute atomic E-state index is 0.120. The lowest BCUT2D eigenvalue weighted by Crippen LogP contribution is -2.50. The maximum absolute atomic E-state index is 12.6. The van der Waals surface area contributed by atoms with Crippen LogP contribution in [-0.4, -0.2) is 55.2 Å². The van der Waals surface area contributed by atoms with Gasteiger partial charge < -0.3 is 4.74 Å². The maximum Gasteiger partial charge on any atom is 0.265 e. The predicted molar refractivity (Wildman–Crippen MR) is 106 cm³/mol. The molecule has 1 aromatic carbocycles. The molecule has 2 aliphatic heterocycles. The number of benzene rings is 1. The minimum Gasteiger partial charge on any atom is -0.491 e. The number of amides is 1. The number of rotatable bonds is 4. The summed E-state index contributed by atoms with van der Waals surface area (Å²) in [6, 6.07) is 7.67. The van der Waals surface area contributed by atoms with Crippen LogP contribution in [0, 0.1) is 0 Å². The lowest BCUT2D eigenvalue weighted by Gasteiger charge is -2.30. The van der Waals surface area contributed by atoms with Gasteiger partial charge in [-0.3, -0.25) is 10.2 Å². The number of ether oxygens (including phenoxy) is 1. The van der Waals surface area contributed by atoms with E-state index in [1.807, 2.05) is 32.6 Å². The molecule has 5 rings (SSSR count). The van der Waals surface area contributed by atoms with Gasteiger partial charge in [-0.05, 0) is 44.5 Å². The van der Waals surface area contributed by atoms with Crippen LogP contribution >= 0.6 is 0 Å². The zero-order valence-electron chi connectivity index (χ0n) is 16.5. The molecule has 9 heteroatoms. The van der Waals surface area contributed by atoms with Crippen molar-refractivity contribution in [2.24, 2.45) is 0 Å². The SMILES string of the molecule is CC(C)n1ncnc1-c1cc2n(n1)-c1cc(C(=O)NN3CCC3)ccc1OCC2. The van der Waals surface area contributed by atoms with Crippen LogP contribution in [0.3, 0.4) is 0 Å². The van der Waals surface area contributed by atoms with Gasteiger partial charge in [0, 0.05) is 36.8 Å². The number of nitrogens with one attached hydrogen (secondary N) is 1. The molecule has 9 nitrogen and oxygen atoms in total. The van der Waals surface area contributed by atoms with E-state index >= 15 is 0 Å². The second-order valence-corrected chi connectivity index (χ2v) is 7.62. The molecule has 0 bridgehead atoms. The molecule has 4 heterocycles. The highest BCUT2D eigenvalue weighted by Gasteiger charge is 2.23. The number of hydrogen-bond acceptors (Lipinski definition) is 6. The number of hydrogen-bond donors (Lipinski definition) is 1. The molecule has 3 aromatic rings. The largest absolute Gasteiger partial charge is 0.491 e. The van der Waals surface area contributed by atoms with E-state index in [2.05, 4.69) is 29.4 Å². The molecule has 1 amide bonds. The number of aromatic nitrogens is 5. The zero-order chi connectivity index (χ0) is 20.0. The second-order valence-electron chi connectivity index (χ2n) is 7.62. The minimum atomic E-state index is -0.120. The Kier molecular flexibility index (Phi) is 4.31. The van der Waals surface area contributed by atoms with Crippen molar-refractivity contribution >= 4 is 5.91 Å². The number of hydrazine groups is 1. The van der Waals surface area contributed by atoms with Crippen molar-refractivity contribution in [2.75, 3.05) is 19.7 Å². The molecule has 0 atom stereocenters. The molecule has 1 fully saturated rings. The van der Waals surface area contributed by atoms with Crippen molar-refractivity contribution in [2.45, 2.75) is 32.7 Å². The van der Waals surface area contributed by atoms with Gasteiger partial charge in [-0.2, -0.15) is 10.2 Å². The zero-order valence-corrected chi connectivity index (χ0v) is 16.5. The summed E-state index contributed by atoms with van der Waals surface area (Å²) in [5.41, 5.74) is 6.04. The first-order chi connectivity index (χ1) is 14.1. The summed E-state index contributed by atoms with van der Waals surface area (Å²) in [4.78, 5) is 17.0. The Labute approximate surface area is 168 Å². The van der Waals surface area contributed by atoms with Crippen LogP contribution in [0.5, 0.6) is 5.75 Å². The van der Waals surface area contributed by atoms with Crippen molar-refractivity contribution in [1.82, 2.24) is 35.0 Å². The fourth-order valence-corrected chi connectivity index (χ4v) is 3.58. The average molecular weight is 393 g/mol. The Morgan fingerprint density at radius 1 is 1.24 bits per heavy atom. The van der Waals surface area contributed by atoms with Crippen LogP contribution in [0.2, 0.25) is 0 Å². The van der Waals surface area contributed by atoms with Gasteiger partial charge in [-0.1, -0.05) is 0 Å². The van der Waals surface area contributed by atoms with E-state index in [9.17, 15) is 4.79 Å². The Morgan fingerprint density at radius 2 is 2.10 bits per heavy atom. The lowest BCUT2D eigenvalue weighted by molar-refractivity contribution is 0.0642. The van der Waals surface area contributed by atoms with Crippen molar-refractivity contribution in [3.05, 3.63) is 41.9 Å². The molecule has 2 aliphatic rings. The van der Waals surface area contributed by atoms with Gasteiger partial charge in [-0.15, -0.1) is 0 Å². The topological polar surface area (TPSA) is 90.1 Å². The maximum atomic E-state index is 12.6. The fourth-order valence-electron chi connectivity index (χ4n) is 3.58. The summed E-state index contributed by atoms with van der Waals surface area (Å²) < 4.78 is 9.61.